The summed E-state index contributed by atoms with van der Waals surface area (Å²) in [7, 11) is -2.27. The third-order valence-electron chi connectivity index (χ3n) is 6.13. The second-order valence-electron chi connectivity index (χ2n) is 8.63. The molecule has 1 amide bonds. The highest BCUT2D eigenvalue weighted by Gasteiger charge is 2.32. The smallest absolute Gasteiger partial charge is 0.244 e. The monoisotopic (exact) mass is 507 g/mol. The Morgan fingerprint density at radius 2 is 1.82 bits per heavy atom. The van der Waals surface area contributed by atoms with E-state index < -0.39 is 16.1 Å². The molecule has 2 aromatic rings. The number of nitrogens with zero attached hydrogens (tertiary/aromatic N) is 2. The van der Waals surface area contributed by atoms with Gasteiger partial charge in [0.15, 0.2) is 0 Å². The van der Waals surface area contributed by atoms with E-state index >= 15 is 0 Å². The van der Waals surface area contributed by atoms with Crippen LogP contribution < -0.4 is 14.4 Å². The van der Waals surface area contributed by atoms with Crippen LogP contribution in [0.3, 0.4) is 0 Å². The molecule has 1 fully saturated rings. The zero-order valence-corrected chi connectivity index (χ0v) is 21.7. The number of hydrogen-bond donors (Lipinski definition) is 1. The Balaban J connectivity index is 1.77. The highest BCUT2D eigenvalue weighted by Crippen LogP contribution is 2.32. The van der Waals surface area contributed by atoms with Crippen LogP contribution in [0.25, 0.3) is 0 Å². The van der Waals surface area contributed by atoms with Crippen molar-refractivity contribution >= 4 is 33.2 Å². The molecule has 0 spiro atoms. The first kappa shape index (κ1) is 26.3. The maximum Gasteiger partial charge on any atom is 0.244 e. The molecule has 0 radical (unpaired) electrons. The minimum absolute atomic E-state index is 0.274. The fraction of sp³-hybridized carbons (Fsp3) is 0.480. The van der Waals surface area contributed by atoms with Crippen molar-refractivity contribution in [3.05, 3.63) is 58.6 Å². The Hall–Kier alpha value is -2.29. The van der Waals surface area contributed by atoms with Crippen LogP contribution in [0.2, 0.25) is 5.02 Å². The molecule has 186 valence electrons. The van der Waals surface area contributed by atoms with Gasteiger partial charge in [-0.1, -0.05) is 49.2 Å². The van der Waals surface area contributed by atoms with Crippen LogP contribution in [0.5, 0.6) is 5.75 Å². The van der Waals surface area contributed by atoms with E-state index in [0.29, 0.717) is 24.4 Å². The van der Waals surface area contributed by atoms with Crippen LogP contribution in [0.15, 0.2) is 42.5 Å². The molecule has 0 aliphatic carbocycles. The van der Waals surface area contributed by atoms with Gasteiger partial charge >= 0.3 is 0 Å². The van der Waals surface area contributed by atoms with Gasteiger partial charge in [0.05, 0.1) is 24.1 Å². The molecular formula is C25H34ClN3O4S. The number of hydrogen-bond acceptors (Lipinski definition) is 5. The van der Waals surface area contributed by atoms with Crippen molar-refractivity contribution in [2.75, 3.05) is 30.8 Å². The highest BCUT2D eigenvalue weighted by atomic mass is 35.5. The summed E-state index contributed by atoms with van der Waals surface area (Å²) in [5, 5.41) is 3.24. The molecule has 0 unspecified atom stereocenters. The number of halogens is 1. The Bertz CT molecular complexity index is 1090. The van der Waals surface area contributed by atoms with Gasteiger partial charge in [-0.25, -0.2) is 8.42 Å². The summed E-state index contributed by atoms with van der Waals surface area (Å²) in [6.07, 6.45) is 5.11. The summed E-state index contributed by atoms with van der Waals surface area (Å²) < 4.78 is 31.7. The molecule has 1 aliphatic rings. The van der Waals surface area contributed by atoms with E-state index in [9.17, 15) is 13.2 Å². The number of nitrogens with one attached hydrogen (secondary N) is 1. The summed E-state index contributed by atoms with van der Waals surface area (Å²) in [4.78, 5) is 15.7. The molecule has 1 N–H and O–H groups in total. The van der Waals surface area contributed by atoms with Gasteiger partial charge in [0.1, 0.15) is 11.8 Å². The lowest BCUT2D eigenvalue weighted by Gasteiger charge is -2.30. The molecule has 1 aliphatic heterocycles. The van der Waals surface area contributed by atoms with Crippen molar-refractivity contribution < 1.29 is 17.9 Å². The summed E-state index contributed by atoms with van der Waals surface area (Å²) >= 11 is 6.24. The summed E-state index contributed by atoms with van der Waals surface area (Å²) in [5.74, 6) is 0.0781. The van der Waals surface area contributed by atoms with E-state index in [1.165, 1.54) is 38.0 Å². The van der Waals surface area contributed by atoms with Crippen molar-refractivity contribution in [3.8, 4) is 5.75 Å². The standard InChI is InChI=1S/C25H34ClN3O4S/c1-4-23(29(34(3,31)32)21-12-13-24(33-2)22(26)16-21)25(30)27-17-19-10-6-7-11-20(19)18-28-14-8-5-9-15-28/h6-7,10-13,16,23H,4-5,8-9,14-15,17-18H2,1-3H3,(H,27,30)/t23-/m1/s1. The molecule has 0 saturated carbocycles. The quantitative estimate of drug-likeness (QED) is 0.521. The molecule has 0 bridgehead atoms. The number of methoxy groups -OCH3 is 1. The fourth-order valence-electron chi connectivity index (χ4n) is 4.40. The van der Waals surface area contributed by atoms with Gasteiger partial charge in [-0.2, -0.15) is 0 Å². The largest absolute Gasteiger partial charge is 0.495 e. The van der Waals surface area contributed by atoms with E-state index in [1.807, 2.05) is 18.2 Å². The van der Waals surface area contributed by atoms with E-state index in [0.717, 1.165) is 35.8 Å². The molecule has 1 atom stereocenters. The minimum atomic E-state index is -3.75. The second-order valence-corrected chi connectivity index (χ2v) is 10.9. The average molecular weight is 508 g/mol. The van der Waals surface area contributed by atoms with Crippen LogP contribution in [-0.4, -0.2) is 51.7 Å². The van der Waals surface area contributed by atoms with E-state index in [2.05, 4.69) is 16.3 Å². The van der Waals surface area contributed by atoms with Crippen LogP contribution in [-0.2, 0) is 27.9 Å². The number of sulfonamides is 1. The molecule has 0 aromatic heterocycles. The number of rotatable bonds is 10. The number of ether oxygens (including phenoxy) is 1. The van der Waals surface area contributed by atoms with Crippen LogP contribution in [0.4, 0.5) is 5.69 Å². The number of carbonyl (C=O) groups excluding carboxylic acids is 1. The van der Waals surface area contributed by atoms with Gasteiger partial charge < -0.3 is 10.1 Å². The normalized spacial score (nSPS) is 15.5. The van der Waals surface area contributed by atoms with Crippen LogP contribution >= 0.6 is 11.6 Å². The number of carbonyl (C=O) groups is 1. The zero-order chi connectivity index (χ0) is 24.7. The van der Waals surface area contributed by atoms with E-state index in [1.54, 1.807) is 19.1 Å². The first-order valence-electron chi connectivity index (χ1n) is 11.6. The van der Waals surface area contributed by atoms with Crippen LogP contribution in [0, 0.1) is 0 Å². The zero-order valence-electron chi connectivity index (χ0n) is 20.1. The van der Waals surface area contributed by atoms with Crippen molar-refractivity contribution in [2.45, 2.75) is 51.7 Å². The van der Waals surface area contributed by atoms with Crippen molar-refractivity contribution in [2.24, 2.45) is 0 Å². The van der Waals surface area contributed by atoms with Crippen molar-refractivity contribution in [1.82, 2.24) is 10.2 Å². The average Bonchev–Trinajstić information content (AvgIpc) is 2.81. The lowest BCUT2D eigenvalue weighted by atomic mass is 10.0. The van der Waals surface area contributed by atoms with Crippen molar-refractivity contribution in [1.29, 1.82) is 0 Å². The number of piperidine rings is 1. The predicted molar refractivity (Wildman–Crippen MR) is 137 cm³/mol. The summed E-state index contributed by atoms with van der Waals surface area (Å²) in [6.45, 7) is 5.15. The molecular weight excluding hydrogens is 474 g/mol. The molecule has 9 heteroatoms. The first-order chi connectivity index (χ1) is 16.2. The topological polar surface area (TPSA) is 79.0 Å². The molecule has 34 heavy (non-hydrogen) atoms. The van der Waals surface area contributed by atoms with E-state index in [-0.39, 0.29) is 10.9 Å². The van der Waals surface area contributed by atoms with Gasteiger partial charge in [0.25, 0.3) is 0 Å². The highest BCUT2D eigenvalue weighted by molar-refractivity contribution is 7.92. The molecule has 2 aromatic carbocycles. The van der Waals surface area contributed by atoms with Gasteiger partial charge in [-0.15, -0.1) is 0 Å². The van der Waals surface area contributed by atoms with Crippen LogP contribution in [0.1, 0.15) is 43.7 Å². The maximum absolute atomic E-state index is 13.2. The third kappa shape index (κ3) is 6.64. The lowest BCUT2D eigenvalue weighted by molar-refractivity contribution is -0.122. The second kappa shape index (κ2) is 11.9. The Labute approximate surface area is 208 Å². The number of likely N-dealkylation sites (tertiary alicyclic amines) is 1. The van der Waals surface area contributed by atoms with E-state index in [4.69, 9.17) is 16.3 Å². The minimum Gasteiger partial charge on any atom is -0.495 e. The summed E-state index contributed by atoms with van der Waals surface area (Å²) in [6, 6.07) is 11.9. The van der Waals surface area contributed by atoms with Gasteiger partial charge in [0.2, 0.25) is 15.9 Å². The molecule has 1 saturated heterocycles. The fourth-order valence-corrected chi connectivity index (χ4v) is 5.85. The third-order valence-corrected chi connectivity index (χ3v) is 7.61. The number of amides is 1. The Kier molecular flexibility index (Phi) is 9.22. The Morgan fingerprint density at radius 1 is 1.15 bits per heavy atom. The SMILES string of the molecule is CC[C@H](C(=O)NCc1ccccc1CN1CCCCC1)N(c1ccc(OC)c(Cl)c1)S(C)(=O)=O. The molecule has 3 rings (SSSR count). The van der Waals surface area contributed by atoms with Gasteiger partial charge in [-0.3, -0.25) is 14.0 Å². The Morgan fingerprint density at radius 3 is 2.41 bits per heavy atom. The number of anilines is 1. The maximum atomic E-state index is 13.2. The molecule has 7 nitrogen and oxygen atoms in total. The van der Waals surface area contributed by atoms with Gasteiger partial charge in [0, 0.05) is 13.1 Å². The lowest BCUT2D eigenvalue weighted by Crippen LogP contribution is -2.49. The number of benzene rings is 2. The van der Waals surface area contributed by atoms with Crippen molar-refractivity contribution in [3.63, 3.8) is 0 Å². The molecule has 1 heterocycles. The predicted octanol–water partition coefficient (Wildman–Crippen LogP) is 4.20. The first-order valence-corrected chi connectivity index (χ1v) is 13.9. The van der Waals surface area contributed by atoms with Gasteiger partial charge in [-0.05, 0) is 61.7 Å². The summed E-state index contributed by atoms with van der Waals surface area (Å²) in [5.41, 5.74) is 2.54.